The predicted octanol–water partition coefficient (Wildman–Crippen LogP) is 4.34. The van der Waals surface area contributed by atoms with E-state index in [0.717, 1.165) is 10.2 Å². The lowest BCUT2D eigenvalue weighted by molar-refractivity contribution is 0.633. The van der Waals surface area contributed by atoms with Gasteiger partial charge in [0.1, 0.15) is 10.8 Å². The zero-order chi connectivity index (χ0) is 12.7. The van der Waals surface area contributed by atoms with Gasteiger partial charge in [0.05, 0.1) is 15.9 Å². The average molecular weight is 279 g/mol. The van der Waals surface area contributed by atoms with Gasteiger partial charge in [-0.3, -0.25) is 0 Å². The van der Waals surface area contributed by atoms with E-state index in [1.54, 1.807) is 18.2 Å². The first-order valence-electron chi connectivity index (χ1n) is 5.25. The number of benzene rings is 2. The number of nitrogens with two attached hydrogens (primary N) is 1. The van der Waals surface area contributed by atoms with Crippen molar-refractivity contribution in [3.63, 3.8) is 0 Å². The maximum atomic E-state index is 13.4. The SMILES string of the molecule is Nc1c(F)cccc1-c1nc2ccc(Cl)cc2s1. The molecule has 5 heteroatoms. The lowest BCUT2D eigenvalue weighted by Crippen LogP contribution is -1.93. The molecule has 0 saturated carbocycles. The van der Waals surface area contributed by atoms with Crippen LogP contribution >= 0.6 is 22.9 Å². The fourth-order valence-corrected chi connectivity index (χ4v) is 3.02. The normalized spacial score (nSPS) is 11.0. The van der Waals surface area contributed by atoms with E-state index in [1.165, 1.54) is 17.4 Å². The predicted molar refractivity (Wildman–Crippen MR) is 74.4 cm³/mol. The number of hydrogen-bond acceptors (Lipinski definition) is 3. The Balaban J connectivity index is 2.22. The second-order valence-electron chi connectivity index (χ2n) is 3.83. The molecule has 1 heterocycles. The number of nitrogen functional groups attached to an aromatic ring is 1. The number of thiazole rings is 1. The Morgan fingerprint density at radius 2 is 2.06 bits per heavy atom. The van der Waals surface area contributed by atoms with Crippen molar-refractivity contribution in [3.05, 3.63) is 47.2 Å². The molecule has 3 aromatic rings. The van der Waals surface area contributed by atoms with Gasteiger partial charge in [-0.25, -0.2) is 9.37 Å². The van der Waals surface area contributed by atoms with E-state index in [-0.39, 0.29) is 5.69 Å². The van der Waals surface area contributed by atoms with Crippen LogP contribution in [-0.2, 0) is 0 Å². The fourth-order valence-electron chi connectivity index (χ4n) is 1.74. The van der Waals surface area contributed by atoms with Gasteiger partial charge in [-0.2, -0.15) is 0 Å². The second-order valence-corrected chi connectivity index (χ2v) is 5.30. The molecule has 0 atom stereocenters. The van der Waals surface area contributed by atoms with Crippen LogP contribution in [0.2, 0.25) is 5.02 Å². The molecule has 0 fully saturated rings. The van der Waals surface area contributed by atoms with Crippen molar-refractivity contribution >= 4 is 38.8 Å². The number of aromatic nitrogens is 1. The first-order chi connectivity index (χ1) is 8.65. The lowest BCUT2D eigenvalue weighted by atomic mass is 10.2. The minimum atomic E-state index is -0.426. The summed E-state index contributed by atoms with van der Waals surface area (Å²) >= 11 is 7.37. The van der Waals surface area contributed by atoms with E-state index < -0.39 is 5.82 Å². The van der Waals surface area contributed by atoms with E-state index in [4.69, 9.17) is 17.3 Å². The first-order valence-corrected chi connectivity index (χ1v) is 6.45. The Labute approximate surface area is 112 Å². The van der Waals surface area contributed by atoms with Crippen molar-refractivity contribution in [2.24, 2.45) is 0 Å². The highest BCUT2D eigenvalue weighted by Gasteiger charge is 2.11. The Morgan fingerprint density at radius 3 is 2.89 bits per heavy atom. The standard InChI is InChI=1S/C13H8ClFN2S/c14-7-4-5-10-11(6-7)18-13(17-10)8-2-1-3-9(15)12(8)16/h1-6H,16H2. The van der Waals surface area contributed by atoms with Crippen LogP contribution in [-0.4, -0.2) is 4.98 Å². The summed E-state index contributed by atoms with van der Waals surface area (Å²) in [5.74, 6) is -0.426. The smallest absolute Gasteiger partial charge is 0.146 e. The van der Waals surface area contributed by atoms with Crippen LogP contribution in [0.5, 0.6) is 0 Å². The molecular weight excluding hydrogens is 271 g/mol. The van der Waals surface area contributed by atoms with Gasteiger partial charge in [-0.15, -0.1) is 11.3 Å². The van der Waals surface area contributed by atoms with Gasteiger partial charge >= 0.3 is 0 Å². The molecule has 0 bridgehead atoms. The van der Waals surface area contributed by atoms with Crippen molar-refractivity contribution in [3.8, 4) is 10.6 Å². The van der Waals surface area contributed by atoms with Crippen molar-refractivity contribution in [1.82, 2.24) is 4.98 Å². The van der Waals surface area contributed by atoms with Crippen LogP contribution in [0.1, 0.15) is 0 Å². The maximum Gasteiger partial charge on any atom is 0.146 e. The van der Waals surface area contributed by atoms with Crippen LogP contribution in [0.3, 0.4) is 0 Å². The Kier molecular flexibility index (Phi) is 2.69. The monoisotopic (exact) mass is 278 g/mol. The molecule has 3 rings (SSSR count). The molecule has 0 spiro atoms. The van der Waals surface area contributed by atoms with Gasteiger partial charge in [0.25, 0.3) is 0 Å². The molecule has 2 nitrogen and oxygen atoms in total. The van der Waals surface area contributed by atoms with Gasteiger partial charge in [0.15, 0.2) is 0 Å². The highest BCUT2D eigenvalue weighted by molar-refractivity contribution is 7.21. The second kappa shape index (κ2) is 4.23. The van der Waals surface area contributed by atoms with Gasteiger partial charge < -0.3 is 5.73 Å². The molecule has 0 aliphatic rings. The van der Waals surface area contributed by atoms with E-state index in [9.17, 15) is 4.39 Å². The van der Waals surface area contributed by atoms with Crippen molar-refractivity contribution in [2.75, 3.05) is 5.73 Å². The van der Waals surface area contributed by atoms with Crippen LogP contribution in [0.25, 0.3) is 20.8 Å². The molecular formula is C13H8ClFN2S. The summed E-state index contributed by atoms with van der Waals surface area (Å²) in [4.78, 5) is 4.44. The number of para-hydroxylation sites is 1. The number of rotatable bonds is 1. The molecule has 0 aliphatic carbocycles. The van der Waals surface area contributed by atoms with E-state index in [0.29, 0.717) is 15.6 Å². The van der Waals surface area contributed by atoms with E-state index in [1.807, 2.05) is 12.1 Å². The zero-order valence-electron chi connectivity index (χ0n) is 9.15. The minimum Gasteiger partial charge on any atom is -0.396 e. The van der Waals surface area contributed by atoms with Crippen molar-refractivity contribution in [2.45, 2.75) is 0 Å². The number of fused-ring (bicyclic) bond motifs is 1. The van der Waals surface area contributed by atoms with Crippen molar-refractivity contribution in [1.29, 1.82) is 0 Å². The van der Waals surface area contributed by atoms with Crippen LogP contribution < -0.4 is 5.73 Å². The number of anilines is 1. The summed E-state index contributed by atoms with van der Waals surface area (Å²) in [7, 11) is 0. The van der Waals surface area contributed by atoms with Gasteiger partial charge in [-0.05, 0) is 30.3 Å². The molecule has 2 aromatic carbocycles. The number of halogens is 2. The lowest BCUT2D eigenvalue weighted by Gasteiger charge is -2.01. The van der Waals surface area contributed by atoms with Gasteiger partial charge in [0.2, 0.25) is 0 Å². The Morgan fingerprint density at radius 1 is 1.22 bits per heavy atom. The molecule has 0 radical (unpaired) electrons. The fraction of sp³-hybridized carbons (Fsp3) is 0. The third-order valence-electron chi connectivity index (χ3n) is 2.63. The third kappa shape index (κ3) is 1.83. The number of hydrogen-bond donors (Lipinski definition) is 1. The summed E-state index contributed by atoms with van der Waals surface area (Å²) in [6.07, 6.45) is 0. The molecule has 0 aliphatic heterocycles. The summed E-state index contributed by atoms with van der Waals surface area (Å²) < 4.78 is 14.4. The van der Waals surface area contributed by atoms with Crippen LogP contribution in [0, 0.1) is 5.82 Å². The topological polar surface area (TPSA) is 38.9 Å². The zero-order valence-corrected chi connectivity index (χ0v) is 10.7. The summed E-state index contributed by atoms with van der Waals surface area (Å²) in [6.45, 7) is 0. The maximum absolute atomic E-state index is 13.4. The summed E-state index contributed by atoms with van der Waals surface area (Å²) in [5, 5.41) is 1.36. The largest absolute Gasteiger partial charge is 0.396 e. The molecule has 0 amide bonds. The van der Waals surface area contributed by atoms with E-state index in [2.05, 4.69) is 4.98 Å². The van der Waals surface area contributed by atoms with Crippen molar-refractivity contribution < 1.29 is 4.39 Å². The molecule has 18 heavy (non-hydrogen) atoms. The minimum absolute atomic E-state index is 0.127. The summed E-state index contributed by atoms with van der Waals surface area (Å²) in [5.41, 5.74) is 7.31. The summed E-state index contributed by atoms with van der Waals surface area (Å²) in [6, 6.07) is 10.2. The van der Waals surface area contributed by atoms with Gasteiger partial charge in [-0.1, -0.05) is 17.7 Å². The molecule has 90 valence electrons. The molecule has 0 saturated heterocycles. The average Bonchev–Trinajstić information content (AvgIpc) is 2.75. The Hall–Kier alpha value is -1.65. The van der Waals surface area contributed by atoms with Crippen LogP contribution in [0.15, 0.2) is 36.4 Å². The highest BCUT2D eigenvalue weighted by atomic mass is 35.5. The molecule has 2 N–H and O–H groups in total. The molecule has 0 unspecified atom stereocenters. The Bertz CT molecular complexity index is 739. The quantitative estimate of drug-likeness (QED) is 0.673. The highest BCUT2D eigenvalue weighted by Crippen LogP contribution is 2.35. The van der Waals surface area contributed by atoms with Crippen LogP contribution in [0.4, 0.5) is 10.1 Å². The number of nitrogens with zero attached hydrogens (tertiary/aromatic N) is 1. The third-order valence-corrected chi connectivity index (χ3v) is 3.92. The van der Waals surface area contributed by atoms with Gasteiger partial charge in [0, 0.05) is 10.6 Å². The first kappa shape index (κ1) is 11.4. The molecule has 1 aromatic heterocycles. The van der Waals surface area contributed by atoms with E-state index >= 15 is 0 Å².